The molecule has 1 aromatic heterocycles. The fourth-order valence-corrected chi connectivity index (χ4v) is 4.67. The van der Waals surface area contributed by atoms with E-state index in [0.717, 1.165) is 19.7 Å². The highest BCUT2D eigenvalue weighted by Crippen LogP contribution is 2.37. The van der Waals surface area contributed by atoms with Crippen LogP contribution in [0, 0.1) is 5.82 Å². The van der Waals surface area contributed by atoms with E-state index in [-0.39, 0.29) is 34.2 Å². The lowest BCUT2D eigenvalue weighted by atomic mass is 10.2. The van der Waals surface area contributed by atoms with Crippen LogP contribution in [0.4, 0.5) is 15.9 Å². The monoisotopic (exact) mass is 528 g/mol. The fourth-order valence-electron chi connectivity index (χ4n) is 4.36. The Morgan fingerprint density at radius 3 is 2.91 bits per heavy atom. The van der Waals surface area contributed by atoms with E-state index in [1.807, 2.05) is 0 Å². The van der Waals surface area contributed by atoms with E-state index in [1.54, 1.807) is 19.2 Å². The average molecular weight is 530 g/mol. The van der Waals surface area contributed by atoms with Gasteiger partial charge in [0.25, 0.3) is 0 Å². The number of methoxy groups -OCH3 is 1. The summed E-state index contributed by atoms with van der Waals surface area (Å²) in [5, 5.41) is 3.59. The molecule has 0 amide bonds. The lowest BCUT2D eigenvalue weighted by Gasteiger charge is -2.35. The van der Waals surface area contributed by atoms with Crippen molar-refractivity contribution in [1.29, 1.82) is 0 Å². The van der Waals surface area contributed by atoms with Gasteiger partial charge in [0.2, 0.25) is 0 Å². The van der Waals surface area contributed by atoms with Crippen molar-refractivity contribution in [3.8, 4) is 11.5 Å². The van der Waals surface area contributed by atoms with Crippen molar-refractivity contribution in [3.63, 3.8) is 0 Å². The van der Waals surface area contributed by atoms with Gasteiger partial charge < -0.3 is 19.5 Å². The Morgan fingerprint density at radius 1 is 1.24 bits per heavy atom. The molecule has 0 saturated carbocycles. The Bertz CT molecular complexity index is 1190. The molecule has 34 heavy (non-hydrogen) atoms. The topological polar surface area (TPSA) is 68.7 Å². The summed E-state index contributed by atoms with van der Waals surface area (Å²) < 4.78 is 32.2. The molecule has 182 valence electrons. The largest absolute Gasteiger partial charge is 0.493 e. The first-order valence-corrected chi connectivity index (χ1v) is 11.5. The third-order valence-electron chi connectivity index (χ3n) is 6.10. The van der Waals surface area contributed by atoms with Crippen molar-refractivity contribution in [3.05, 3.63) is 46.5 Å². The van der Waals surface area contributed by atoms with Crippen molar-refractivity contribution in [2.24, 2.45) is 0 Å². The molecule has 2 fully saturated rings. The van der Waals surface area contributed by atoms with Crippen LogP contribution in [-0.4, -0.2) is 60.4 Å². The molecule has 11 heteroatoms. The Labute approximate surface area is 212 Å². The van der Waals surface area contributed by atoms with E-state index in [4.69, 9.17) is 37.4 Å². The Hall–Kier alpha value is -2.10. The molecule has 2 atom stereocenters. The molecule has 2 aliphatic heterocycles. The fraction of sp³-hybridized carbons (Fsp3) is 0.391. The predicted molar refractivity (Wildman–Crippen MR) is 133 cm³/mol. The maximum absolute atomic E-state index is 14.5. The van der Waals surface area contributed by atoms with Crippen LogP contribution in [0.5, 0.6) is 11.5 Å². The van der Waals surface area contributed by atoms with Crippen LogP contribution < -0.4 is 14.8 Å². The molecule has 0 bridgehead atoms. The highest BCUT2D eigenvalue weighted by molar-refractivity contribution is 6.42. The molecule has 3 aromatic rings. The summed E-state index contributed by atoms with van der Waals surface area (Å²) in [6.07, 6.45) is 3.82. The zero-order valence-corrected chi connectivity index (χ0v) is 20.7. The first-order valence-electron chi connectivity index (χ1n) is 10.7. The van der Waals surface area contributed by atoms with Gasteiger partial charge in [-0.25, -0.2) is 14.4 Å². The molecule has 2 aliphatic rings. The second-order valence-electron chi connectivity index (χ2n) is 8.15. The van der Waals surface area contributed by atoms with Crippen molar-refractivity contribution in [2.45, 2.75) is 25.0 Å². The summed E-state index contributed by atoms with van der Waals surface area (Å²) in [7, 11) is 1.56. The van der Waals surface area contributed by atoms with Crippen molar-refractivity contribution in [2.75, 3.05) is 38.7 Å². The normalized spacial score (nSPS) is 20.0. The van der Waals surface area contributed by atoms with Crippen molar-refractivity contribution in [1.82, 2.24) is 14.9 Å². The highest BCUT2D eigenvalue weighted by atomic mass is 35.5. The molecule has 7 nitrogen and oxygen atoms in total. The summed E-state index contributed by atoms with van der Waals surface area (Å²) in [4.78, 5) is 11.1. The molecule has 5 rings (SSSR count). The number of hydrogen-bond donors (Lipinski definition) is 1. The van der Waals surface area contributed by atoms with Crippen molar-refractivity contribution >= 4 is 58.0 Å². The predicted octanol–water partition coefficient (Wildman–Crippen LogP) is 5.49. The second-order valence-corrected chi connectivity index (χ2v) is 8.93. The SMILES string of the molecule is COc1cc2c(Nc3ccc(Cl)c(Cl)c3F)ncnc2cc1OC[C@@H]1CN2CCC[C@H]2CO1.Cl. The number of anilines is 2. The lowest BCUT2D eigenvalue weighted by molar-refractivity contribution is -0.0655. The second kappa shape index (κ2) is 10.7. The summed E-state index contributed by atoms with van der Waals surface area (Å²) in [5.74, 6) is 0.820. The number of ether oxygens (including phenoxy) is 3. The number of benzene rings is 2. The number of hydrogen-bond acceptors (Lipinski definition) is 7. The van der Waals surface area contributed by atoms with Gasteiger partial charge in [0, 0.05) is 24.0 Å². The molecular weight excluding hydrogens is 506 g/mol. The third kappa shape index (κ3) is 4.97. The van der Waals surface area contributed by atoms with Gasteiger partial charge in [-0.3, -0.25) is 4.90 Å². The first-order chi connectivity index (χ1) is 16.0. The van der Waals surface area contributed by atoms with Gasteiger partial charge in [0.15, 0.2) is 17.3 Å². The third-order valence-corrected chi connectivity index (χ3v) is 6.88. The van der Waals surface area contributed by atoms with Gasteiger partial charge in [-0.2, -0.15) is 0 Å². The summed E-state index contributed by atoms with van der Waals surface area (Å²) in [5.41, 5.74) is 0.770. The van der Waals surface area contributed by atoms with Crippen LogP contribution in [0.25, 0.3) is 10.9 Å². The molecular formula is C23H24Cl3FN4O3. The minimum absolute atomic E-state index is 0. The van der Waals surface area contributed by atoms with Crippen LogP contribution in [0.1, 0.15) is 12.8 Å². The molecule has 0 radical (unpaired) electrons. The zero-order valence-electron chi connectivity index (χ0n) is 18.4. The van der Waals surface area contributed by atoms with Crippen LogP contribution in [-0.2, 0) is 4.74 Å². The van der Waals surface area contributed by atoms with Gasteiger partial charge in [-0.15, -0.1) is 12.4 Å². The minimum atomic E-state index is -0.657. The molecule has 3 heterocycles. The van der Waals surface area contributed by atoms with E-state index in [2.05, 4.69) is 20.2 Å². The maximum atomic E-state index is 14.5. The number of nitrogens with zero attached hydrogens (tertiary/aromatic N) is 3. The van der Waals surface area contributed by atoms with Crippen LogP contribution in [0.2, 0.25) is 10.0 Å². The lowest BCUT2D eigenvalue weighted by Crippen LogP contribution is -2.48. The molecule has 2 aromatic carbocycles. The maximum Gasteiger partial charge on any atom is 0.166 e. The molecule has 0 unspecified atom stereocenters. The van der Waals surface area contributed by atoms with Crippen molar-refractivity contribution < 1.29 is 18.6 Å². The van der Waals surface area contributed by atoms with Gasteiger partial charge >= 0.3 is 0 Å². The standard InChI is InChI=1S/C23H23Cl2FN4O3.ClH/c1-31-19-7-15-18(8-20(19)33-11-14-9-30-6-2-3-13(30)10-32-14)27-12-28-23(15)29-17-5-4-16(24)21(25)22(17)26;/h4-5,7-8,12-14H,2-3,6,9-11H2,1H3,(H,27,28,29);1H/t13-,14-;/m0./s1. The quantitative estimate of drug-likeness (QED) is 0.423. The van der Waals surface area contributed by atoms with E-state index in [9.17, 15) is 4.39 Å². The van der Waals surface area contributed by atoms with Crippen LogP contribution in [0.15, 0.2) is 30.6 Å². The molecule has 1 N–H and O–H groups in total. The van der Waals surface area contributed by atoms with E-state index in [0.29, 0.717) is 40.9 Å². The van der Waals surface area contributed by atoms with Crippen LogP contribution in [0.3, 0.4) is 0 Å². The van der Waals surface area contributed by atoms with E-state index in [1.165, 1.54) is 31.3 Å². The Morgan fingerprint density at radius 2 is 2.09 bits per heavy atom. The number of rotatable bonds is 6. The number of aromatic nitrogens is 2. The minimum Gasteiger partial charge on any atom is -0.493 e. The number of fused-ring (bicyclic) bond motifs is 2. The average Bonchev–Trinajstić information content (AvgIpc) is 3.30. The Balaban J connectivity index is 0.00000274. The van der Waals surface area contributed by atoms with Gasteiger partial charge in [-0.1, -0.05) is 23.2 Å². The Kier molecular flexibility index (Phi) is 7.84. The van der Waals surface area contributed by atoms with Gasteiger partial charge in [0.1, 0.15) is 24.9 Å². The van der Waals surface area contributed by atoms with Gasteiger partial charge in [0.05, 0.1) is 35.0 Å². The molecule has 0 aliphatic carbocycles. The number of morpholine rings is 1. The van der Waals surface area contributed by atoms with Gasteiger partial charge in [-0.05, 0) is 37.6 Å². The van der Waals surface area contributed by atoms with E-state index >= 15 is 0 Å². The summed E-state index contributed by atoms with van der Waals surface area (Å²) >= 11 is 11.8. The summed E-state index contributed by atoms with van der Waals surface area (Å²) in [6, 6.07) is 7.11. The first kappa shape index (κ1) is 25.0. The molecule has 2 saturated heterocycles. The smallest absolute Gasteiger partial charge is 0.166 e. The number of halogens is 4. The highest BCUT2D eigenvalue weighted by Gasteiger charge is 2.32. The van der Waals surface area contributed by atoms with Crippen LogP contribution >= 0.6 is 35.6 Å². The zero-order chi connectivity index (χ0) is 22.9. The number of nitrogens with one attached hydrogen (secondary N) is 1. The molecule has 0 spiro atoms. The van der Waals surface area contributed by atoms with E-state index < -0.39 is 5.82 Å². The summed E-state index contributed by atoms with van der Waals surface area (Å²) in [6.45, 7) is 3.15.